The van der Waals surface area contributed by atoms with E-state index in [-0.39, 0.29) is 17.3 Å². The minimum atomic E-state index is -1.01. The number of allylic oxidation sites excluding steroid dienone is 4. The van der Waals surface area contributed by atoms with Gasteiger partial charge in [0.15, 0.2) is 5.41 Å². The van der Waals surface area contributed by atoms with Crippen molar-refractivity contribution in [3.05, 3.63) is 59.7 Å². The van der Waals surface area contributed by atoms with Gasteiger partial charge in [0.1, 0.15) is 0 Å². The van der Waals surface area contributed by atoms with Gasteiger partial charge in [0.25, 0.3) is 0 Å². The lowest BCUT2D eigenvalue weighted by Gasteiger charge is -2.39. The van der Waals surface area contributed by atoms with E-state index in [1.165, 1.54) is 5.56 Å². The first-order chi connectivity index (χ1) is 11.0. The maximum absolute atomic E-state index is 9.79. The summed E-state index contributed by atoms with van der Waals surface area (Å²) in [6, 6.07) is 15.1. The second-order valence-electron chi connectivity index (χ2n) is 7.43. The number of hydrogen-bond donors (Lipinski definition) is 0. The number of rotatable bonds is 1. The summed E-state index contributed by atoms with van der Waals surface area (Å²) in [6.45, 7) is 4.40. The van der Waals surface area contributed by atoms with Gasteiger partial charge in [0.2, 0.25) is 0 Å². The Morgan fingerprint density at radius 3 is 2.43 bits per heavy atom. The maximum atomic E-state index is 9.79. The Morgan fingerprint density at radius 1 is 1.09 bits per heavy atom. The molecule has 0 N–H and O–H groups in total. The Bertz CT molecular complexity index is 711. The van der Waals surface area contributed by atoms with Crippen LogP contribution in [0.1, 0.15) is 44.6 Å². The van der Waals surface area contributed by atoms with Crippen LogP contribution in [0.2, 0.25) is 0 Å². The lowest BCUT2D eigenvalue weighted by Crippen LogP contribution is -2.31. The SMILES string of the molecule is CC1(C)C=C2C(CC1)C(c1ccccc1)C=CCC2(C#N)C#N. The average Bonchev–Trinajstić information content (AvgIpc) is 2.72. The Morgan fingerprint density at radius 2 is 1.78 bits per heavy atom. The quantitative estimate of drug-likeness (QED) is 0.675. The fourth-order valence-electron chi connectivity index (χ4n) is 4.00. The monoisotopic (exact) mass is 302 g/mol. The molecule has 2 atom stereocenters. The molecule has 0 saturated carbocycles. The molecule has 0 fully saturated rings. The van der Waals surface area contributed by atoms with Crippen LogP contribution in [0.25, 0.3) is 0 Å². The van der Waals surface area contributed by atoms with Gasteiger partial charge in [0, 0.05) is 12.3 Å². The van der Waals surface area contributed by atoms with Crippen LogP contribution in [0.5, 0.6) is 0 Å². The van der Waals surface area contributed by atoms with Crippen LogP contribution in [0.3, 0.4) is 0 Å². The van der Waals surface area contributed by atoms with Crippen LogP contribution in [0, 0.1) is 39.4 Å². The van der Waals surface area contributed by atoms with E-state index in [1.807, 2.05) is 12.1 Å². The van der Waals surface area contributed by atoms with Gasteiger partial charge < -0.3 is 0 Å². The third-order valence-corrected chi connectivity index (χ3v) is 5.31. The molecule has 0 radical (unpaired) electrons. The summed E-state index contributed by atoms with van der Waals surface area (Å²) in [5.74, 6) is 0.491. The van der Waals surface area contributed by atoms with Crippen LogP contribution in [0.4, 0.5) is 0 Å². The van der Waals surface area contributed by atoms with Crippen LogP contribution < -0.4 is 0 Å². The molecule has 2 nitrogen and oxygen atoms in total. The molecular formula is C21H22N2. The third-order valence-electron chi connectivity index (χ3n) is 5.31. The van der Waals surface area contributed by atoms with Crippen molar-refractivity contribution in [3.63, 3.8) is 0 Å². The number of nitriles is 2. The Balaban J connectivity index is 2.14. The van der Waals surface area contributed by atoms with Crippen LogP contribution in [-0.2, 0) is 0 Å². The number of nitrogens with zero attached hydrogens (tertiary/aromatic N) is 2. The van der Waals surface area contributed by atoms with Crippen LogP contribution in [0.15, 0.2) is 54.1 Å². The van der Waals surface area contributed by atoms with E-state index in [1.54, 1.807) is 0 Å². The van der Waals surface area contributed by atoms with Gasteiger partial charge in [-0.05, 0) is 35.3 Å². The van der Waals surface area contributed by atoms with E-state index in [2.05, 4.69) is 62.4 Å². The van der Waals surface area contributed by atoms with Gasteiger partial charge in [0.05, 0.1) is 12.1 Å². The molecule has 2 aliphatic carbocycles. The molecule has 3 rings (SSSR count). The summed E-state index contributed by atoms with van der Waals surface area (Å²) in [5, 5.41) is 19.6. The zero-order valence-electron chi connectivity index (χ0n) is 13.8. The van der Waals surface area contributed by atoms with Crippen molar-refractivity contribution < 1.29 is 0 Å². The number of benzene rings is 1. The van der Waals surface area contributed by atoms with E-state index in [9.17, 15) is 10.5 Å². The van der Waals surface area contributed by atoms with Gasteiger partial charge in [-0.1, -0.05) is 62.4 Å². The van der Waals surface area contributed by atoms with Gasteiger partial charge in [-0.2, -0.15) is 10.5 Å². The average molecular weight is 302 g/mol. The van der Waals surface area contributed by atoms with Crippen molar-refractivity contribution in [2.75, 3.05) is 0 Å². The first-order valence-electron chi connectivity index (χ1n) is 8.29. The van der Waals surface area contributed by atoms with E-state index in [0.717, 1.165) is 18.4 Å². The molecule has 0 aromatic heterocycles. The molecule has 23 heavy (non-hydrogen) atoms. The van der Waals surface area contributed by atoms with Crippen molar-refractivity contribution in [2.45, 2.75) is 39.0 Å². The van der Waals surface area contributed by atoms with Crippen LogP contribution >= 0.6 is 0 Å². The summed E-state index contributed by atoms with van der Waals surface area (Å²) < 4.78 is 0. The molecule has 0 heterocycles. The lowest BCUT2D eigenvalue weighted by atomic mass is 9.62. The highest BCUT2D eigenvalue weighted by Crippen LogP contribution is 2.52. The fourth-order valence-corrected chi connectivity index (χ4v) is 4.00. The molecule has 2 aliphatic rings. The molecule has 1 aromatic carbocycles. The predicted octanol–water partition coefficient (Wildman–Crippen LogP) is 5.13. The summed E-state index contributed by atoms with van der Waals surface area (Å²) in [6.07, 6.45) is 9.07. The topological polar surface area (TPSA) is 47.6 Å². The predicted molar refractivity (Wildman–Crippen MR) is 91.2 cm³/mol. The standard InChI is InChI=1S/C21H22N2/c1-20(2)12-10-18-17(16-7-4-3-5-8-16)9-6-11-21(14-22,15-23)19(18)13-20/h3-9,13,17-18H,10-12H2,1-2H3. The second kappa shape index (κ2) is 5.71. The molecule has 2 unspecified atom stereocenters. The minimum absolute atomic E-state index is 0.0519. The third kappa shape index (κ3) is 2.71. The van der Waals surface area contributed by atoms with Crippen molar-refractivity contribution in [1.82, 2.24) is 0 Å². The second-order valence-corrected chi connectivity index (χ2v) is 7.43. The smallest absolute Gasteiger partial charge is 0.168 e. The molecule has 0 amide bonds. The van der Waals surface area contributed by atoms with Gasteiger partial charge in [-0.15, -0.1) is 0 Å². The first kappa shape index (κ1) is 15.6. The highest BCUT2D eigenvalue weighted by molar-refractivity contribution is 5.43. The van der Waals surface area contributed by atoms with E-state index in [0.29, 0.717) is 6.42 Å². The normalized spacial score (nSPS) is 27.7. The largest absolute Gasteiger partial charge is 0.196 e. The van der Waals surface area contributed by atoms with Gasteiger partial charge in [-0.25, -0.2) is 0 Å². The Kier molecular flexibility index (Phi) is 3.87. The van der Waals surface area contributed by atoms with Gasteiger partial charge in [-0.3, -0.25) is 0 Å². The molecule has 1 aromatic rings. The molecule has 0 spiro atoms. The minimum Gasteiger partial charge on any atom is -0.196 e. The summed E-state index contributed by atoms with van der Waals surface area (Å²) in [5.41, 5.74) is 1.35. The van der Waals surface area contributed by atoms with E-state index < -0.39 is 5.41 Å². The zero-order chi connectivity index (χ0) is 16.5. The number of hydrogen-bond acceptors (Lipinski definition) is 2. The molecule has 2 heteroatoms. The van der Waals surface area contributed by atoms with Gasteiger partial charge >= 0.3 is 0 Å². The first-order valence-corrected chi connectivity index (χ1v) is 8.29. The molecule has 116 valence electrons. The molecule has 0 saturated heterocycles. The molecular weight excluding hydrogens is 280 g/mol. The van der Waals surface area contributed by atoms with Crippen molar-refractivity contribution >= 4 is 0 Å². The highest BCUT2D eigenvalue weighted by atomic mass is 14.5. The summed E-state index contributed by atoms with van der Waals surface area (Å²) >= 11 is 0. The zero-order valence-corrected chi connectivity index (χ0v) is 13.8. The summed E-state index contributed by atoms with van der Waals surface area (Å²) in [4.78, 5) is 0. The van der Waals surface area contributed by atoms with Crippen molar-refractivity contribution in [2.24, 2.45) is 16.7 Å². The Hall–Kier alpha value is -2.32. The highest BCUT2D eigenvalue weighted by Gasteiger charge is 2.45. The maximum Gasteiger partial charge on any atom is 0.168 e. The van der Waals surface area contributed by atoms with E-state index >= 15 is 0 Å². The van der Waals surface area contributed by atoms with Crippen LogP contribution in [-0.4, -0.2) is 0 Å². The summed E-state index contributed by atoms with van der Waals surface area (Å²) in [7, 11) is 0. The van der Waals surface area contributed by atoms with Crippen molar-refractivity contribution in [3.8, 4) is 12.1 Å². The van der Waals surface area contributed by atoms with E-state index in [4.69, 9.17) is 0 Å². The number of fused-ring (bicyclic) bond motifs is 1. The molecule has 0 bridgehead atoms. The lowest BCUT2D eigenvalue weighted by molar-refractivity contribution is 0.310. The fraction of sp³-hybridized carbons (Fsp3) is 0.429. The Labute approximate surface area is 138 Å². The molecule has 0 aliphatic heterocycles. The van der Waals surface area contributed by atoms with Crippen molar-refractivity contribution in [1.29, 1.82) is 10.5 Å².